The molecule has 3 aromatic rings. The summed E-state index contributed by atoms with van der Waals surface area (Å²) >= 11 is 0. The van der Waals surface area contributed by atoms with Gasteiger partial charge in [0.15, 0.2) is 0 Å². The van der Waals surface area contributed by atoms with Crippen molar-refractivity contribution in [3.8, 4) is 5.75 Å². The van der Waals surface area contributed by atoms with Gasteiger partial charge in [0.25, 0.3) is 0 Å². The molecule has 0 amide bonds. The molecule has 1 unspecified atom stereocenters. The summed E-state index contributed by atoms with van der Waals surface area (Å²) in [7, 11) is 0. The van der Waals surface area contributed by atoms with Gasteiger partial charge in [-0.05, 0) is 17.2 Å². The topological polar surface area (TPSA) is 35.2 Å². The highest BCUT2D eigenvalue weighted by Crippen LogP contribution is 2.28. The van der Waals surface area contributed by atoms with Gasteiger partial charge in [0.05, 0.1) is 6.04 Å². The molecule has 0 saturated carbocycles. The number of hydrogen-bond acceptors (Lipinski definition) is 2. The first-order chi connectivity index (χ1) is 10.8. The molecule has 0 aliphatic rings. The van der Waals surface area contributed by atoms with Crippen LogP contribution in [0.4, 0.5) is 0 Å². The molecule has 2 N–H and O–H groups in total. The molecule has 0 heterocycles. The maximum atomic E-state index is 6.41. The van der Waals surface area contributed by atoms with E-state index in [1.807, 2.05) is 72.8 Å². The van der Waals surface area contributed by atoms with E-state index in [-0.39, 0.29) is 6.04 Å². The molecular weight excluding hydrogens is 270 g/mol. The van der Waals surface area contributed by atoms with Gasteiger partial charge in [-0.2, -0.15) is 0 Å². The van der Waals surface area contributed by atoms with E-state index in [1.165, 1.54) is 0 Å². The van der Waals surface area contributed by atoms with Gasteiger partial charge in [-0.15, -0.1) is 0 Å². The molecule has 2 nitrogen and oxygen atoms in total. The highest BCUT2D eigenvalue weighted by molar-refractivity contribution is 5.41. The Hall–Kier alpha value is -2.58. The van der Waals surface area contributed by atoms with Gasteiger partial charge >= 0.3 is 0 Å². The third-order valence-electron chi connectivity index (χ3n) is 3.65. The molecule has 0 aliphatic heterocycles. The molecule has 3 rings (SSSR count). The minimum absolute atomic E-state index is 0.187. The van der Waals surface area contributed by atoms with Crippen molar-refractivity contribution in [3.05, 3.63) is 102 Å². The van der Waals surface area contributed by atoms with Gasteiger partial charge in [-0.25, -0.2) is 0 Å². The normalized spacial score (nSPS) is 11.9. The standard InChI is InChI=1S/C20H19NO/c21-20(17-11-5-2-6-12-17)18-13-7-8-14-19(18)22-15-16-9-3-1-4-10-16/h1-14,20H,15,21H2. The van der Waals surface area contributed by atoms with Crippen molar-refractivity contribution in [2.45, 2.75) is 12.6 Å². The van der Waals surface area contributed by atoms with E-state index in [9.17, 15) is 0 Å². The summed E-state index contributed by atoms with van der Waals surface area (Å²) in [4.78, 5) is 0. The van der Waals surface area contributed by atoms with Crippen LogP contribution in [0.2, 0.25) is 0 Å². The summed E-state index contributed by atoms with van der Waals surface area (Å²) in [6.07, 6.45) is 0. The lowest BCUT2D eigenvalue weighted by atomic mass is 9.99. The zero-order chi connectivity index (χ0) is 15.2. The van der Waals surface area contributed by atoms with Crippen molar-refractivity contribution < 1.29 is 4.74 Å². The van der Waals surface area contributed by atoms with Crippen molar-refractivity contribution in [1.29, 1.82) is 0 Å². The molecule has 22 heavy (non-hydrogen) atoms. The zero-order valence-corrected chi connectivity index (χ0v) is 12.4. The number of ether oxygens (including phenoxy) is 1. The van der Waals surface area contributed by atoms with Gasteiger partial charge < -0.3 is 10.5 Å². The summed E-state index contributed by atoms with van der Waals surface area (Å²) < 4.78 is 5.99. The molecule has 110 valence electrons. The SMILES string of the molecule is NC(c1ccccc1)c1ccccc1OCc1ccccc1. The van der Waals surface area contributed by atoms with Crippen molar-refractivity contribution in [2.75, 3.05) is 0 Å². The Balaban J connectivity index is 1.81. The third-order valence-corrected chi connectivity index (χ3v) is 3.65. The van der Waals surface area contributed by atoms with Crippen LogP contribution in [-0.4, -0.2) is 0 Å². The first kappa shape index (κ1) is 14.4. The van der Waals surface area contributed by atoms with Crippen LogP contribution in [0.5, 0.6) is 5.75 Å². The molecule has 1 atom stereocenters. The van der Waals surface area contributed by atoms with Crippen LogP contribution in [0.1, 0.15) is 22.7 Å². The van der Waals surface area contributed by atoms with E-state index >= 15 is 0 Å². The minimum atomic E-state index is -0.187. The number of rotatable bonds is 5. The fourth-order valence-corrected chi connectivity index (χ4v) is 2.44. The van der Waals surface area contributed by atoms with E-state index in [0.29, 0.717) is 6.61 Å². The van der Waals surface area contributed by atoms with Gasteiger partial charge in [-0.1, -0.05) is 78.9 Å². The van der Waals surface area contributed by atoms with Crippen molar-refractivity contribution >= 4 is 0 Å². The molecule has 3 aromatic carbocycles. The second-order valence-corrected chi connectivity index (χ2v) is 5.20. The summed E-state index contributed by atoms with van der Waals surface area (Å²) in [5.74, 6) is 0.836. The minimum Gasteiger partial charge on any atom is -0.489 e. The second-order valence-electron chi connectivity index (χ2n) is 5.20. The Morgan fingerprint density at radius 2 is 1.32 bits per heavy atom. The Morgan fingerprint density at radius 1 is 0.727 bits per heavy atom. The largest absolute Gasteiger partial charge is 0.489 e. The number of nitrogens with two attached hydrogens (primary N) is 1. The first-order valence-corrected chi connectivity index (χ1v) is 7.41. The smallest absolute Gasteiger partial charge is 0.124 e. The van der Waals surface area contributed by atoms with Crippen LogP contribution in [-0.2, 0) is 6.61 Å². The van der Waals surface area contributed by atoms with Crippen LogP contribution >= 0.6 is 0 Å². The van der Waals surface area contributed by atoms with Crippen LogP contribution in [0, 0.1) is 0 Å². The van der Waals surface area contributed by atoms with Gasteiger partial charge in [0.2, 0.25) is 0 Å². The van der Waals surface area contributed by atoms with Crippen LogP contribution in [0.25, 0.3) is 0 Å². The average molecular weight is 289 g/mol. The first-order valence-electron chi connectivity index (χ1n) is 7.41. The maximum absolute atomic E-state index is 6.41. The van der Waals surface area contributed by atoms with Crippen LogP contribution in [0.15, 0.2) is 84.9 Å². The Kier molecular flexibility index (Phi) is 4.52. The fraction of sp³-hybridized carbons (Fsp3) is 0.100. The lowest BCUT2D eigenvalue weighted by Crippen LogP contribution is -2.13. The monoisotopic (exact) mass is 289 g/mol. The molecule has 2 heteroatoms. The van der Waals surface area contributed by atoms with Crippen molar-refractivity contribution in [1.82, 2.24) is 0 Å². The van der Waals surface area contributed by atoms with Gasteiger partial charge in [0.1, 0.15) is 12.4 Å². The molecule has 0 aromatic heterocycles. The van der Waals surface area contributed by atoms with Gasteiger partial charge in [-0.3, -0.25) is 0 Å². The lowest BCUT2D eigenvalue weighted by molar-refractivity contribution is 0.302. The lowest BCUT2D eigenvalue weighted by Gasteiger charge is -2.17. The Morgan fingerprint density at radius 3 is 2.05 bits per heavy atom. The Bertz CT molecular complexity index is 710. The van der Waals surface area contributed by atoms with E-state index in [2.05, 4.69) is 12.1 Å². The predicted molar refractivity (Wildman–Crippen MR) is 89.7 cm³/mol. The number of para-hydroxylation sites is 1. The quantitative estimate of drug-likeness (QED) is 0.759. The zero-order valence-electron chi connectivity index (χ0n) is 12.4. The molecule has 0 spiro atoms. The van der Waals surface area contributed by atoms with Crippen molar-refractivity contribution in [2.24, 2.45) is 5.73 Å². The molecule has 0 bridgehead atoms. The number of hydrogen-bond donors (Lipinski definition) is 1. The molecule has 0 aliphatic carbocycles. The molecular formula is C20H19NO. The molecule has 0 radical (unpaired) electrons. The third kappa shape index (κ3) is 3.35. The number of benzene rings is 3. The summed E-state index contributed by atoms with van der Waals surface area (Å²) in [5, 5.41) is 0. The molecule has 0 fully saturated rings. The van der Waals surface area contributed by atoms with E-state index in [1.54, 1.807) is 0 Å². The summed E-state index contributed by atoms with van der Waals surface area (Å²) in [6.45, 7) is 0.541. The van der Waals surface area contributed by atoms with E-state index < -0.39 is 0 Å². The van der Waals surface area contributed by atoms with E-state index in [0.717, 1.165) is 22.4 Å². The predicted octanol–water partition coefficient (Wildman–Crippen LogP) is 4.31. The van der Waals surface area contributed by atoms with Crippen molar-refractivity contribution in [3.63, 3.8) is 0 Å². The summed E-state index contributed by atoms with van der Waals surface area (Å²) in [5.41, 5.74) is 9.64. The average Bonchev–Trinajstić information content (AvgIpc) is 2.61. The fourth-order valence-electron chi connectivity index (χ4n) is 2.44. The Labute approximate surface area is 131 Å². The van der Waals surface area contributed by atoms with Gasteiger partial charge in [0, 0.05) is 5.56 Å². The van der Waals surface area contributed by atoms with E-state index in [4.69, 9.17) is 10.5 Å². The second kappa shape index (κ2) is 6.92. The highest BCUT2D eigenvalue weighted by Gasteiger charge is 2.13. The van der Waals surface area contributed by atoms with Crippen LogP contribution in [0.3, 0.4) is 0 Å². The molecule has 0 saturated heterocycles. The highest BCUT2D eigenvalue weighted by atomic mass is 16.5. The van der Waals surface area contributed by atoms with Crippen LogP contribution < -0.4 is 10.5 Å². The summed E-state index contributed by atoms with van der Waals surface area (Å²) in [6, 6.07) is 28.0. The maximum Gasteiger partial charge on any atom is 0.124 e.